The van der Waals surface area contributed by atoms with E-state index >= 15 is 0 Å². The summed E-state index contributed by atoms with van der Waals surface area (Å²) in [7, 11) is 0. The van der Waals surface area contributed by atoms with Crippen LogP contribution >= 0.6 is 0 Å². The number of rotatable bonds is 9. The Morgan fingerprint density at radius 3 is 2.51 bits per heavy atom. The molecule has 184 valence electrons. The van der Waals surface area contributed by atoms with Gasteiger partial charge in [-0.3, -0.25) is 14.5 Å². The van der Waals surface area contributed by atoms with Crippen molar-refractivity contribution >= 4 is 17.4 Å². The van der Waals surface area contributed by atoms with E-state index in [2.05, 4.69) is 11.5 Å². The topological polar surface area (TPSA) is 79.3 Å². The molecule has 0 aromatic heterocycles. The first-order valence-corrected chi connectivity index (χ1v) is 11.7. The van der Waals surface area contributed by atoms with E-state index in [-0.39, 0.29) is 23.4 Å². The molecule has 8 heteroatoms. The smallest absolute Gasteiger partial charge is 0.295 e. The second kappa shape index (κ2) is 11.3. The lowest BCUT2D eigenvalue weighted by molar-refractivity contribution is -0.140. The summed E-state index contributed by atoms with van der Waals surface area (Å²) in [5.74, 6) is -1.89. The summed E-state index contributed by atoms with van der Waals surface area (Å²) in [6.07, 6.45) is 2.22. The Bertz CT molecular complexity index is 1110. The van der Waals surface area contributed by atoms with E-state index in [1.807, 2.05) is 0 Å². The van der Waals surface area contributed by atoms with Gasteiger partial charge < -0.3 is 19.5 Å². The zero-order valence-electron chi connectivity index (χ0n) is 19.5. The number of Topliss-reactive ketones (excluding diaryl/α,β-unsaturated/α-hetero) is 1. The molecule has 0 spiro atoms. The molecule has 2 aliphatic rings. The third-order valence-electron chi connectivity index (χ3n) is 6.21. The number of hydrogen-bond acceptors (Lipinski definition) is 6. The van der Waals surface area contributed by atoms with Gasteiger partial charge in [-0.05, 0) is 36.8 Å². The number of carbonyl (C=O) groups excluding carboxylic acids is 2. The minimum absolute atomic E-state index is 0.119. The maximum Gasteiger partial charge on any atom is 0.295 e. The van der Waals surface area contributed by atoms with Crippen molar-refractivity contribution in [1.29, 1.82) is 0 Å². The van der Waals surface area contributed by atoms with Crippen molar-refractivity contribution in [3.8, 4) is 5.75 Å². The van der Waals surface area contributed by atoms with Crippen molar-refractivity contribution in [2.45, 2.75) is 12.5 Å². The highest BCUT2D eigenvalue weighted by atomic mass is 19.1. The van der Waals surface area contributed by atoms with Crippen molar-refractivity contribution in [2.24, 2.45) is 0 Å². The Hall–Kier alpha value is -3.49. The average Bonchev–Trinajstić information content (AvgIpc) is 3.13. The summed E-state index contributed by atoms with van der Waals surface area (Å²) in [6, 6.07) is 11.5. The molecule has 0 radical (unpaired) electrons. The summed E-state index contributed by atoms with van der Waals surface area (Å²) in [4.78, 5) is 29.8. The van der Waals surface area contributed by atoms with Gasteiger partial charge >= 0.3 is 0 Å². The maximum atomic E-state index is 14.9. The quantitative estimate of drug-likeness (QED) is 0.256. The van der Waals surface area contributed by atoms with Crippen molar-refractivity contribution in [3.63, 3.8) is 0 Å². The van der Waals surface area contributed by atoms with Crippen LogP contribution in [0.3, 0.4) is 0 Å². The number of amides is 1. The Kier molecular flexibility index (Phi) is 7.94. The van der Waals surface area contributed by atoms with E-state index in [0.29, 0.717) is 37.6 Å². The number of likely N-dealkylation sites (tertiary alicyclic amines) is 1. The summed E-state index contributed by atoms with van der Waals surface area (Å²) >= 11 is 0. The molecule has 1 unspecified atom stereocenters. The molecule has 2 aromatic rings. The molecule has 0 saturated carbocycles. The molecule has 1 amide bonds. The van der Waals surface area contributed by atoms with Crippen LogP contribution in [0.2, 0.25) is 0 Å². The fourth-order valence-corrected chi connectivity index (χ4v) is 4.44. The second-order valence-electron chi connectivity index (χ2n) is 8.45. The summed E-state index contributed by atoms with van der Waals surface area (Å²) < 4.78 is 25.7. The monoisotopic (exact) mass is 480 g/mol. The van der Waals surface area contributed by atoms with Gasteiger partial charge in [0.1, 0.15) is 23.9 Å². The standard InChI is InChI=1S/C27H29FN2O5/c1-2-16-35-20-10-8-19(9-11-20)25(31)23-24(21-6-3-4-7-22(21)28)30(27(33)26(23)32)13-5-12-29-14-17-34-18-15-29/h2-4,6-11,24,31H,1,5,12-18H2. The molecule has 2 aliphatic heterocycles. The molecule has 4 rings (SSSR count). The van der Waals surface area contributed by atoms with Gasteiger partial charge in [0, 0.05) is 37.3 Å². The number of ether oxygens (including phenoxy) is 2. The number of hydrogen-bond donors (Lipinski definition) is 1. The van der Waals surface area contributed by atoms with Crippen LogP contribution in [-0.4, -0.2) is 72.6 Å². The number of nitrogens with zero attached hydrogens (tertiary/aromatic N) is 2. The highest BCUT2D eigenvalue weighted by molar-refractivity contribution is 6.46. The van der Waals surface area contributed by atoms with E-state index < -0.39 is 23.5 Å². The number of carbonyl (C=O) groups is 2. The molecule has 0 aliphatic carbocycles. The number of aliphatic hydroxyl groups is 1. The summed E-state index contributed by atoms with van der Waals surface area (Å²) in [5.41, 5.74) is 0.389. The van der Waals surface area contributed by atoms with Gasteiger partial charge in [-0.15, -0.1) is 0 Å². The first kappa shape index (κ1) is 24.6. The number of aliphatic hydroxyl groups excluding tert-OH is 1. The molecule has 35 heavy (non-hydrogen) atoms. The molecule has 2 heterocycles. The normalized spacial score (nSPS) is 20.3. The van der Waals surface area contributed by atoms with E-state index in [1.54, 1.807) is 48.5 Å². The lowest BCUT2D eigenvalue weighted by Crippen LogP contribution is -2.39. The summed E-state index contributed by atoms with van der Waals surface area (Å²) in [6.45, 7) is 7.85. The lowest BCUT2D eigenvalue weighted by Gasteiger charge is -2.29. The first-order valence-electron chi connectivity index (χ1n) is 11.7. The zero-order valence-corrected chi connectivity index (χ0v) is 19.5. The van der Waals surface area contributed by atoms with Gasteiger partial charge in [0.15, 0.2) is 0 Å². The van der Waals surface area contributed by atoms with Crippen LogP contribution in [0.15, 0.2) is 66.8 Å². The molecule has 1 N–H and O–H groups in total. The van der Waals surface area contributed by atoms with Crippen molar-refractivity contribution in [1.82, 2.24) is 9.80 Å². The van der Waals surface area contributed by atoms with Crippen molar-refractivity contribution in [3.05, 3.63) is 83.7 Å². The zero-order chi connectivity index (χ0) is 24.8. The Morgan fingerprint density at radius 1 is 1.11 bits per heavy atom. The van der Waals surface area contributed by atoms with Gasteiger partial charge in [-0.1, -0.05) is 30.9 Å². The Labute approximate surface area is 204 Å². The molecule has 2 fully saturated rings. The van der Waals surface area contributed by atoms with Crippen LogP contribution in [0, 0.1) is 5.82 Å². The third-order valence-corrected chi connectivity index (χ3v) is 6.21. The molecule has 7 nitrogen and oxygen atoms in total. The third kappa shape index (κ3) is 5.44. The van der Waals surface area contributed by atoms with Crippen LogP contribution in [0.25, 0.3) is 5.76 Å². The van der Waals surface area contributed by atoms with E-state index in [9.17, 15) is 19.1 Å². The van der Waals surface area contributed by atoms with Gasteiger partial charge in [-0.2, -0.15) is 0 Å². The predicted octanol–water partition coefficient (Wildman–Crippen LogP) is 3.53. The molecule has 2 saturated heterocycles. The second-order valence-corrected chi connectivity index (χ2v) is 8.45. The Morgan fingerprint density at radius 2 is 1.83 bits per heavy atom. The highest BCUT2D eigenvalue weighted by Gasteiger charge is 2.46. The van der Waals surface area contributed by atoms with Gasteiger partial charge in [0.2, 0.25) is 0 Å². The van der Waals surface area contributed by atoms with Gasteiger partial charge in [-0.25, -0.2) is 4.39 Å². The van der Waals surface area contributed by atoms with Crippen LogP contribution in [-0.2, 0) is 14.3 Å². The maximum absolute atomic E-state index is 14.9. The van der Waals surface area contributed by atoms with E-state index in [4.69, 9.17) is 9.47 Å². The fourth-order valence-electron chi connectivity index (χ4n) is 4.44. The highest BCUT2D eigenvalue weighted by Crippen LogP contribution is 2.40. The van der Waals surface area contributed by atoms with Gasteiger partial charge in [0.05, 0.1) is 24.8 Å². The van der Waals surface area contributed by atoms with Crippen LogP contribution in [0.5, 0.6) is 5.75 Å². The fraction of sp³-hybridized carbons (Fsp3) is 0.333. The number of ketones is 1. The van der Waals surface area contributed by atoms with Crippen LogP contribution in [0.4, 0.5) is 4.39 Å². The van der Waals surface area contributed by atoms with Crippen molar-refractivity contribution < 1.29 is 28.6 Å². The van der Waals surface area contributed by atoms with Crippen LogP contribution in [0.1, 0.15) is 23.6 Å². The molecule has 2 aromatic carbocycles. The van der Waals surface area contributed by atoms with E-state index in [0.717, 1.165) is 19.6 Å². The number of morpholine rings is 1. The van der Waals surface area contributed by atoms with Crippen molar-refractivity contribution in [2.75, 3.05) is 46.0 Å². The minimum Gasteiger partial charge on any atom is -0.507 e. The average molecular weight is 481 g/mol. The molecular formula is C27H29FN2O5. The molecule has 1 atom stereocenters. The first-order chi connectivity index (χ1) is 17.0. The molecular weight excluding hydrogens is 451 g/mol. The predicted molar refractivity (Wildman–Crippen MR) is 129 cm³/mol. The Balaban J connectivity index is 1.65. The number of benzene rings is 2. The van der Waals surface area contributed by atoms with Gasteiger partial charge in [0.25, 0.3) is 11.7 Å². The lowest BCUT2D eigenvalue weighted by atomic mass is 9.95. The summed E-state index contributed by atoms with van der Waals surface area (Å²) in [5, 5.41) is 11.1. The minimum atomic E-state index is -1.02. The molecule has 0 bridgehead atoms. The SMILES string of the molecule is C=CCOc1ccc(C(O)=C2C(=O)C(=O)N(CCCN3CCOCC3)C2c2ccccc2F)cc1. The van der Waals surface area contributed by atoms with E-state index in [1.165, 1.54) is 11.0 Å². The van der Waals surface area contributed by atoms with Crippen LogP contribution < -0.4 is 4.74 Å². The number of halogens is 1. The largest absolute Gasteiger partial charge is 0.507 e.